The predicted molar refractivity (Wildman–Crippen MR) is 98.1 cm³/mol. The second-order valence-electron chi connectivity index (χ2n) is 6.82. The summed E-state index contributed by atoms with van der Waals surface area (Å²) in [5, 5.41) is 12.5. The molecule has 1 aliphatic carbocycles. The van der Waals surface area contributed by atoms with Gasteiger partial charge in [-0.3, -0.25) is 4.79 Å². The summed E-state index contributed by atoms with van der Waals surface area (Å²) in [5.41, 5.74) is 0.696. The van der Waals surface area contributed by atoms with E-state index >= 15 is 0 Å². The molecule has 2 aliphatic rings. The van der Waals surface area contributed by atoms with Gasteiger partial charge in [-0.15, -0.1) is 22.7 Å². The Labute approximate surface area is 154 Å². The molecule has 1 aliphatic heterocycles. The summed E-state index contributed by atoms with van der Waals surface area (Å²) < 4.78 is 0. The Kier molecular flexibility index (Phi) is 4.37. The van der Waals surface area contributed by atoms with Crippen LogP contribution in [0.25, 0.3) is 9.88 Å². The molecule has 5 nitrogen and oxygen atoms in total. The second kappa shape index (κ2) is 6.53. The number of thiophene rings is 1. The van der Waals surface area contributed by atoms with Gasteiger partial charge in [0.2, 0.25) is 0 Å². The molecule has 3 atom stereocenters. The van der Waals surface area contributed by atoms with Gasteiger partial charge in [-0.1, -0.05) is 18.9 Å². The summed E-state index contributed by atoms with van der Waals surface area (Å²) >= 11 is 2.98. The van der Waals surface area contributed by atoms with Crippen LogP contribution in [0.3, 0.4) is 0 Å². The van der Waals surface area contributed by atoms with E-state index in [9.17, 15) is 14.7 Å². The van der Waals surface area contributed by atoms with Crippen LogP contribution in [-0.4, -0.2) is 39.0 Å². The van der Waals surface area contributed by atoms with Crippen molar-refractivity contribution in [1.29, 1.82) is 0 Å². The van der Waals surface area contributed by atoms with Gasteiger partial charge in [0, 0.05) is 6.04 Å². The molecule has 7 heteroatoms. The van der Waals surface area contributed by atoms with E-state index in [0.717, 1.165) is 35.6 Å². The fourth-order valence-corrected chi connectivity index (χ4v) is 6.00. The topological polar surface area (TPSA) is 70.5 Å². The summed E-state index contributed by atoms with van der Waals surface area (Å²) in [4.78, 5) is 32.9. The zero-order valence-electron chi connectivity index (χ0n) is 14.0. The first-order chi connectivity index (χ1) is 12.1. The number of likely N-dealkylation sites (tertiary alicyclic amines) is 1. The lowest BCUT2D eigenvalue weighted by molar-refractivity contribution is -0.141. The van der Waals surface area contributed by atoms with E-state index in [1.807, 2.05) is 24.4 Å². The Hall–Kier alpha value is -1.73. The van der Waals surface area contributed by atoms with Crippen molar-refractivity contribution in [2.45, 2.75) is 51.1 Å². The highest BCUT2D eigenvalue weighted by atomic mass is 32.1. The van der Waals surface area contributed by atoms with Crippen LogP contribution < -0.4 is 0 Å². The van der Waals surface area contributed by atoms with Crippen LogP contribution in [0.5, 0.6) is 0 Å². The van der Waals surface area contributed by atoms with E-state index < -0.39 is 12.0 Å². The predicted octanol–water partition coefficient (Wildman–Crippen LogP) is 4.04. The van der Waals surface area contributed by atoms with Crippen molar-refractivity contribution >= 4 is 34.6 Å². The van der Waals surface area contributed by atoms with E-state index in [2.05, 4.69) is 4.98 Å². The van der Waals surface area contributed by atoms with Crippen LogP contribution in [0.1, 0.15) is 47.5 Å². The van der Waals surface area contributed by atoms with Gasteiger partial charge in [0.25, 0.3) is 5.91 Å². The Morgan fingerprint density at radius 3 is 2.84 bits per heavy atom. The molecular formula is C18H20N2O3S2. The molecule has 2 aromatic rings. The molecule has 1 saturated heterocycles. The summed E-state index contributed by atoms with van der Waals surface area (Å²) in [6.07, 6.45) is 4.73. The molecule has 3 unspecified atom stereocenters. The number of carbonyl (C=O) groups excluding carboxylic acids is 1. The molecule has 1 saturated carbocycles. The zero-order chi connectivity index (χ0) is 17.6. The highest BCUT2D eigenvalue weighted by Gasteiger charge is 2.48. The maximum absolute atomic E-state index is 13.3. The van der Waals surface area contributed by atoms with Crippen molar-refractivity contribution in [3.63, 3.8) is 0 Å². The number of carbonyl (C=O) groups is 2. The number of aromatic nitrogens is 1. The Morgan fingerprint density at radius 2 is 2.12 bits per heavy atom. The number of thiazole rings is 1. The van der Waals surface area contributed by atoms with Crippen LogP contribution in [0.4, 0.5) is 0 Å². The highest BCUT2D eigenvalue weighted by Crippen LogP contribution is 2.42. The van der Waals surface area contributed by atoms with Gasteiger partial charge in [-0.25, -0.2) is 9.78 Å². The monoisotopic (exact) mass is 376 g/mol. The summed E-state index contributed by atoms with van der Waals surface area (Å²) in [5.74, 6) is -0.716. The molecule has 4 rings (SSSR count). The molecule has 1 N–H and O–H groups in total. The van der Waals surface area contributed by atoms with Crippen LogP contribution in [0.15, 0.2) is 17.5 Å². The molecule has 0 radical (unpaired) electrons. The third-order valence-corrected chi connectivity index (χ3v) is 7.51. The first kappa shape index (κ1) is 16.7. The lowest BCUT2D eigenvalue weighted by atomic mass is 9.85. The minimum atomic E-state index is -0.886. The lowest BCUT2D eigenvalue weighted by Crippen LogP contribution is -2.46. The number of amides is 1. The van der Waals surface area contributed by atoms with Gasteiger partial charge in [-0.05, 0) is 43.6 Å². The minimum absolute atomic E-state index is 0.0639. The van der Waals surface area contributed by atoms with Gasteiger partial charge in [0.05, 0.1) is 10.6 Å². The SMILES string of the molecule is Cc1nc(-c2cccs2)sc1C(=O)N1C(C(=O)O)CC2CCCCC21. The number of hydrogen-bond donors (Lipinski definition) is 1. The lowest BCUT2D eigenvalue weighted by Gasteiger charge is -2.32. The van der Waals surface area contributed by atoms with E-state index in [-0.39, 0.29) is 11.9 Å². The fraction of sp³-hybridized carbons (Fsp3) is 0.500. The van der Waals surface area contributed by atoms with Gasteiger partial charge >= 0.3 is 5.97 Å². The van der Waals surface area contributed by atoms with Crippen molar-refractivity contribution in [1.82, 2.24) is 9.88 Å². The van der Waals surface area contributed by atoms with E-state index in [1.54, 1.807) is 16.2 Å². The number of aryl methyl sites for hydroxylation is 1. The average Bonchev–Trinajstić information content (AvgIpc) is 3.31. The van der Waals surface area contributed by atoms with Gasteiger partial charge in [0.15, 0.2) is 0 Å². The quantitative estimate of drug-likeness (QED) is 0.878. The standard InChI is InChI=1S/C18H20N2O3S2/c1-10-15(25-16(19-10)14-7-4-8-24-14)17(21)20-12-6-3-2-5-11(12)9-13(20)18(22)23/h4,7-8,11-13H,2-3,5-6,9H2,1H3,(H,22,23). The number of hydrogen-bond acceptors (Lipinski definition) is 5. The average molecular weight is 377 g/mol. The minimum Gasteiger partial charge on any atom is -0.480 e. The van der Waals surface area contributed by atoms with Crippen LogP contribution >= 0.6 is 22.7 Å². The van der Waals surface area contributed by atoms with Crippen molar-refractivity contribution in [2.24, 2.45) is 5.92 Å². The number of nitrogens with zero attached hydrogens (tertiary/aromatic N) is 2. The first-order valence-electron chi connectivity index (χ1n) is 8.63. The summed E-state index contributed by atoms with van der Waals surface area (Å²) in [6.45, 7) is 1.84. The van der Waals surface area contributed by atoms with Crippen molar-refractivity contribution in [3.8, 4) is 9.88 Å². The summed E-state index contributed by atoms with van der Waals surface area (Å²) in [6, 6.07) is 3.32. The number of aliphatic carboxylic acids is 1. The first-order valence-corrected chi connectivity index (χ1v) is 10.3. The van der Waals surface area contributed by atoms with Crippen molar-refractivity contribution in [2.75, 3.05) is 0 Å². The number of carboxylic acid groups (broad SMARTS) is 1. The Morgan fingerprint density at radius 1 is 1.32 bits per heavy atom. The largest absolute Gasteiger partial charge is 0.480 e. The maximum Gasteiger partial charge on any atom is 0.326 e. The highest BCUT2D eigenvalue weighted by molar-refractivity contribution is 7.22. The second-order valence-corrected chi connectivity index (χ2v) is 8.77. The molecule has 132 valence electrons. The molecule has 1 amide bonds. The van der Waals surface area contributed by atoms with Crippen LogP contribution in [0.2, 0.25) is 0 Å². The van der Waals surface area contributed by atoms with Gasteiger partial charge in [0.1, 0.15) is 15.9 Å². The molecule has 25 heavy (non-hydrogen) atoms. The van der Waals surface area contributed by atoms with E-state index in [4.69, 9.17) is 0 Å². The molecule has 3 heterocycles. The van der Waals surface area contributed by atoms with Crippen LogP contribution in [0, 0.1) is 12.8 Å². The molecule has 0 aromatic carbocycles. The smallest absolute Gasteiger partial charge is 0.326 e. The van der Waals surface area contributed by atoms with E-state index in [0.29, 0.717) is 22.9 Å². The van der Waals surface area contributed by atoms with Gasteiger partial charge in [-0.2, -0.15) is 0 Å². The van der Waals surface area contributed by atoms with Crippen molar-refractivity contribution in [3.05, 3.63) is 28.1 Å². The third kappa shape index (κ3) is 2.89. The number of rotatable bonds is 3. The summed E-state index contributed by atoms with van der Waals surface area (Å²) in [7, 11) is 0. The van der Waals surface area contributed by atoms with Crippen LogP contribution in [-0.2, 0) is 4.79 Å². The molecule has 0 bridgehead atoms. The maximum atomic E-state index is 13.3. The number of fused-ring (bicyclic) bond motifs is 1. The normalized spacial score (nSPS) is 25.8. The Balaban J connectivity index is 1.68. The third-order valence-electron chi connectivity index (χ3n) is 5.33. The van der Waals surface area contributed by atoms with Crippen molar-refractivity contribution < 1.29 is 14.7 Å². The molecule has 2 aromatic heterocycles. The number of carboxylic acids is 1. The molecule has 2 fully saturated rings. The van der Waals surface area contributed by atoms with Gasteiger partial charge < -0.3 is 10.0 Å². The van der Waals surface area contributed by atoms with E-state index in [1.165, 1.54) is 11.3 Å². The zero-order valence-corrected chi connectivity index (χ0v) is 15.6. The Bertz CT molecular complexity index is 799. The molecular weight excluding hydrogens is 356 g/mol. The fourth-order valence-electron chi connectivity index (χ4n) is 4.19. The molecule has 0 spiro atoms.